The summed E-state index contributed by atoms with van der Waals surface area (Å²) >= 11 is 0. The van der Waals surface area contributed by atoms with Crippen LogP contribution in [0.2, 0.25) is 0 Å². The topological polar surface area (TPSA) is 51.0 Å². The van der Waals surface area contributed by atoms with Gasteiger partial charge in [0.25, 0.3) is 0 Å². The third kappa shape index (κ3) is 3.90. The second kappa shape index (κ2) is 8.07. The van der Waals surface area contributed by atoms with E-state index in [1.165, 1.54) is 11.1 Å². The fraction of sp³-hybridized carbons (Fsp3) is 0.348. The predicted octanol–water partition coefficient (Wildman–Crippen LogP) is 3.98. The molecule has 5 heteroatoms. The number of Topliss-reactive ketones (excluding diaryl/α,β-unsaturated/α-hetero) is 1. The molecule has 28 heavy (non-hydrogen) atoms. The van der Waals surface area contributed by atoms with E-state index < -0.39 is 0 Å². The normalized spacial score (nSPS) is 15.6. The van der Waals surface area contributed by atoms with E-state index >= 15 is 0 Å². The van der Waals surface area contributed by atoms with Crippen LogP contribution in [0, 0.1) is 19.8 Å². The number of likely N-dealkylation sites (tertiary alicyclic amines) is 1. The van der Waals surface area contributed by atoms with Crippen LogP contribution in [-0.4, -0.2) is 38.5 Å². The van der Waals surface area contributed by atoms with Gasteiger partial charge in [-0.3, -0.25) is 9.69 Å². The largest absolute Gasteiger partial charge is 0.299 e. The Bertz CT molecular complexity index is 956. The molecule has 1 aliphatic rings. The number of aromatic nitrogens is 3. The van der Waals surface area contributed by atoms with E-state index in [9.17, 15) is 4.79 Å². The molecule has 1 aliphatic heterocycles. The molecule has 4 rings (SSSR count). The molecule has 0 saturated carbocycles. The van der Waals surface area contributed by atoms with Gasteiger partial charge in [-0.2, -0.15) is 5.10 Å². The van der Waals surface area contributed by atoms with Crippen LogP contribution >= 0.6 is 0 Å². The number of aryl methyl sites for hydroxylation is 2. The van der Waals surface area contributed by atoms with E-state index in [0.29, 0.717) is 5.78 Å². The van der Waals surface area contributed by atoms with Crippen LogP contribution in [0.1, 0.15) is 39.9 Å². The van der Waals surface area contributed by atoms with E-state index in [1.807, 2.05) is 29.8 Å². The molecule has 3 aromatic rings. The lowest BCUT2D eigenvalue weighted by Gasteiger charge is -2.32. The number of hydrogen-bond donors (Lipinski definition) is 0. The van der Waals surface area contributed by atoms with E-state index in [-0.39, 0.29) is 5.92 Å². The summed E-state index contributed by atoms with van der Waals surface area (Å²) < 4.78 is 1.81. The molecule has 1 aromatic heterocycles. The first-order chi connectivity index (χ1) is 13.6. The number of carbonyl (C=O) groups excluding carboxylic acids is 1. The minimum atomic E-state index is 0.128. The molecule has 1 fully saturated rings. The number of para-hydroxylation sites is 1. The Labute approximate surface area is 166 Å². The minimum absolute atomic E-state index is 0.128. The van der Waals surface area contributed by atoms with Crippen molar-refractivity contribution in [2.24, 2.45) is 5.92 Å². The molecule has 144 valence electrons. The van der Waals surface area contributed by atoms with Gasteiger partial charge in [0.15, 0.2) is 5.78 Å². The second-order valence-electron chi connectivity index (χ2n) is 7.70. The molecule has 0 radical (unpaired) electrons. The number of nitrogens with zero attached hydrogens (tertiary/aromatic N) is 4. The highest BCUT2D eigenvalue weighted by atomic mass is 16.1. The zero-order chi connectivity index (χ0) is 19.5. The molecule has 0 unspecified atom stereocenters. The number of piperidine rings is 1. The molecule has 0 N–H and O–H groups in total. The summed E-state index contributed by atoms with van der Waals surface area (Å²) in [6.45, 7) is 6.84. The Kier molecular flexibility index (Phi) is 5.35. The van der Waals surface area contributed by atoms with Crippen LogP contribution in [0.25, 0.3) is 5.69 Å². The van der Waals surface area contributed by atoms with E-state index in [0.717, 1.165) is 49.3 Å². The van der Waals surface area contributed by atoms with Gasteiger partial charge < -0.3 is 0 Å². The summed E-state index contributed by atoms with van der Waals surface area (Å²) in [5, 5.41) is 4.27. The van der Waals surface area contributed by atoms with Gasteiger partial charge in [-0.05, 0) is 57.0 Å². The highest BCUT2D eigenvalue weighted by molar-refractivity contribution is 5.99. The Morgan fingerprint density at radius 3 is 2.61 bits per heavy atom. The zero-order valence-electron chi connectivity index (χ0n) is 16.5. The number of hydrogen-bond acceptors (Lipinski definition) is 4. The number of carbonyl (C=O) groups is 1. The first-order valence-corrected chi connectivity index (χ1v) is 9.88. The minimum Gasteiger partial charge on any atom is -0.299 e. The van der Waals surface area contributed by atoms with Crippen LogP contribution in [0.3, 0.4) is 0 Å². The van der Waals surface area contributed by atoms with Crippen molar-refractivity contribution in [3.05, 3.63) is 77.4 Å². The average molecular weight is 374 g/mol. The van der Waals surface area contributed by atoms with Crippen LogP contribution in [-0.2, 0) is 6.54 Å². The van der Waals surface area contributed by atoms with Crippen LogP contribution < -0.4 is 0 Å². The quantitative estimate of drug-likeness (QED) is 0.634. The summed E-state index contributed by atoms with van der Waals surface area (Å²) in [6.07, 6.45) is 5.11. The number of ketones is 1. The van der Waals surface area contributed by atoms with Gasteiger partial charge in [-0.15, -0.1) is 0 Å². The highest BCUT2D eigenvalue weighted by Gasteiger charge is 2.27. The summed E-state index contributed by atoms with van der Waals surface area (Å²) in [5.41, 5.74) is 5.48. The predicted molar refractivity (Wildman–Crippen MR) is 110 cm³/mol. The summed E-state index contributed by atoms with van der Waals surface area (Å²) in [4.78, 5) is 19.5. The summed E-state index contributed by atoms with van der Waals surface area (Å²) in [5.74, 6) is 0.434. The summed E-state index contributed by atoms with van der Waals surface area (Å²) in [7, 11) is 0. The van der Waals surface area contributed by atoms with Crippen molar-refractivity contribution >= 4 is 5.78 Å². The van der Waals surface area contributed by atoms with Crippen LogP contribution in [0.4, 0.5) is 0 Å². The SMILES string of the molecule is Cc1ccc(C(=O)C2CCN(Cc3ccccc3-n3cncn3)CC2)c(C)c1. The lowest BCUT2D eigenvalue weighted by atomic mass is 9.87. The van der Waals surface area contributed by atoms with Crippen LogP contribution in [0.5, 0.6) is 0 Å². The molecule has 0 amide bonds. The monoisotopic (exact) mass is 374 g/mol. The molecule has 2 heterocycles. The Morgan fingerprint density at radius 1 is 1.11 bits per heavy atom. The van der Waals surface area contributed by atoms with Crippen molar-refractivity contribution in [1.82, 2.24) is 19.7 Å². The van der Waals surface area contributed by atoms with Gasteiger partial charge in [0.05, 0.1) is 5.69 Å². The number of rotatable bonds is 5. The maximum atomic E-state index is 13.0. The third-order valence-electron chi connectivity index (χ3n) is 5.66. The molecular weight excluding hydrogens is 348 g/mol. The lowest BCUT2D eigenvalue weighted by molar-refractivity contribution is 0.0834. The first kappa shape index (κ1) is 18.6. The molecular formula is C23H26N4O. The molecule has 1 saturated heterocycles. The van der Waals surface area contributed by atoms with Crippen LogP contribution in [0.15, 0.2) is 55.1 Å². The molecule has 0 atom stereocenters. The first-order valence-electron chi connectivity index (χ1n) is 9.88. The maximum absolute atomic E-state index is 13.0. The Morgan fingerprint density at radius 2 is 1.89 bits per heavy atom. The van der Waals surface area contributed by atoms with E-state index in [2.05, 4.69) is 46.2 Å². The Balaban J connectivity index is 1.41. The van der Waals surface area contributed by atoms with Crippen molar-refractivity contribution in [3.63, 3.8) is 0 Å². The molecule has 0 bridgehead atoms. The van der Waals surface area contributed by atoms with Gasteiger partial charge in [-0.25, -0.2) is 9.67 Å². The number of benzene rings is 2. The lowest BCUT2D eigenvalue weighted by Crippen LogP contribution is -2.36. The molecule has 2 aromatic carbocycles. The van der Waals surface area contributed by atoms with Gasteiger partial charge in [-0.1, -0.05) is 42.0 Å². The summed E-state index contributed by atoms with van der Waals surface area (Å²) in [6, 6.07) is 14.4. The fourth-order valence-corrected chi connectivity index (χ4v) is 4.10. The molecule has 5 nitrogen and oxygen atoms in total. The molecule has 0 aliphatic carbocycles. The van der Waals surface area contributed by atoms with E-state index in [4.69, 9.17) is 0 Å². The van der Waals surface area contributed by atoms with Gasteiger partial charge in [0.2, 0.25) is 0 Å². The third-order valence-corrected chi connectivity index (χ3v) is 5.66. The van der Waals surface area contributed by atoms with Crippen molar-refractivity contribution in [1.29, 1.82) is 0 Å². The smallest absolute Gasteiger partial charge is 0.166 e. The fourth-order valence-electron chi connectivity index (χ4n) is 4.10. The standard InChI is InChI=1S/C23H26N4O/c1-17-7-8-21(18(2)13-17)23(28)19-9-11-26(12-10-19)14-20-5-3-4-6-22(20)27-16-24-15-25-27/h3-8,13,15-16,19H,9-12,14H2,1-2H3. The second-order valence-corrected chi connectivity index (χ2v) is 7.70. The van der Waals surface area contributed by atoms with Gasteiger partial charge >= 0.3 is 0 Å². The van der Waals surface area contributed by atoms with Crippen molar-refractivity contribution in [2.75, 3.05) is 13.1 Å². The van der Waals surface area contributed by atoms with Crippen molar-refractivity contribution in [3.8, 4) is 5.69 Å². The average Bonchev–Trinajstić information content (AvgIpc) is 3.23. The zero-order valence-corrected chi connectivity index (χ0v) is 16.5. The molecule has 0 spiro atoms. The highest BCUT2D eigenvalue weighted by Crippen LogP contribution is 2.25. The Hall–Kier alpha value is -2.79. The van der Waals surface area contributed by atoms with Gasteiger partial charge in [0.1, 0.15) is 12.7 Å². The van der Waals surface area contributed by atoms with Crippen molar-refractivity contribution < 1.29 is 4.79 Å². The van der Waals surface area contributed by atoms with Crippen molar-refractivity contribution in [2.45, 2.75) is 33.2 Å². The van der Waals surface area contributed by atoms with E-state index in [1.54, 1.807) is 12.7 Å². The maximum Gasteiger partial charge on any atom is 0.166 e. The van der Waals surface area contributed by atoms with Gasteiger partial charge in [0, 0.05) is 18.0 Å².